The lowest BCUT2D eigenvalue weighted by Gasteiger charge is -2.22. The molecule has 0 fully saturated rings. The summed E-state index contributed by atoms with van der Waals surface area (Å²) in [5.41, 5.74) is 1.15. The van der Waals surface area contributed by atoms with Crippen molar-refractivity contribution in [1.82, 2.24) is 20.0 Å². The number of aliphatic imine (C=N–C) groups is 1. The van der Waals surface area contributed by atoms with E-state index in [0.717, 1.165) is 30.4 Å². The van der Waals surface area contributed by atoms with Gasteiger partial charge in [0.25, 0.3) is 0 Å². The van der Waals surface area contributed by atoms with E-state index in [4.69, 9.17) is 9.73 Å². The van der Waals surface area contributed by atoms with Gasteiger partial charge < -0.3 is 15.0 Å². The Morgan fingerprint density at radius 2 is 2.08 bits per heavy atom. The molecule has 0 aliphatic heterocycles. The van der Waals surface area contributed by atoms with Crippen LogP contribution in [0.25, 0.3) is 0 Å². The smallest absolute Gasteiger partial charge is 0.194 e. The third-order valence-electron chi connectivity index (χ3n) is 3.45. The minimum absolute atomic E-state index is 0. The van der Waals surface area contributed by atoms with E-state index >= 15 is 0 Å². The van der Waals surface area contributed by atoms with Gasteiger partial charge in [0.15, 0.2) is 5.96 Å². The predicted molar refractivity (Wildman–Crippen MR) is 113 cm³/mol. The highest BCUT2D eigenvalue weighted by molar-refractivity contribution is 14.0. The minimum Gasteiger partial charge on any atom is -0.489 e. The van der Waals surface area contributed by atoms with Crippen molar-refractivity contribution in [2.45, 2.75) is 26.5 Å². The zero-order valence-electron chi connectivity index (χ0n) is 15.3. The van der Waals surface area contributed by atoms with E-state index in [9.17, 15) is 0 Å². The summed E-state index contributed by atoms with van der Waals surface area (Å²) in [4.78, 5) is 6.78. The molecule has 1 atom stereocenters. The van der Waals surface area contributed by atoms with E-state index in [2.05, 4.69) is 22.2 Å². The first-order valence-corrected chi connectivity index (χ1v) is 8.27. The van der Waals surface area contributed by atoms with Crippen molar-refractivity contribution in [3.05, 3.63) is 48.3 Å². The van der Waals surface area contributed by atoms with Gasteiger partial charge in [-0.25, -0.2) is 4.99 Å². The molecule has 1 unspecified atom stereocenters. The van der Waals surface area contributed by atoms with Crippen LogP contribution in [-0.4, -0.2) is 46.9 Å². The fourth-order valence-corrected chi connectivity index (χ4v) is 2.36. The number of hydrogen-bond acceptors (Lipinski definition) is 3. The standard InChI is InChI=1S/C18H27N5O.HI/c1-5-19-18(22(3)13-16-12-21-23(4)14-16)20-11-15(2)24-17-9-7-6-8-10-17;/h6-10,12,14-15H,5,11,13H2,1-4H3,(H,19,20);1H. The van der Waals surface area contributed by atoms with E-state index in [0.29, 0.717) is 6.54 Å². The maximum absolute atomic E-state index is 5.88. The van der Waals surface area contributed by atoms with Crippen molar-refractivity contribution in [3.8, 4) is 5.75 Å². The van der Waals surface area contributed by atoms with E-state index in [1.807, 2.05) is 68.4 Å². The van der Waals surface area contributed by atoms with Crippen LogP contribution in [-0.2, 0) is 13.6 Å². The molecular weight excluding hydrogens is 429 g/mol. The average molecular weight is 457 g/mol. The molecule has 6 nitrogen and oxygen atoms in total. The maximum atomic E-state index is 5.88. The summed E-state index contributed by atoms with van der Waals surface area (Å²) in [5, 5.41) is 7.53. The maximum Gasteiger partial charge on any atom is 0.194 e. The van der Waals surface area contributed by atoms with Crippen molar-refractivity contribution in [2.75, 3.05) is 20.1 Å². The topological polar surface area (TPSA) is 54.7 Å². The Hall–Kier alpha value is -1.77. The van der Waals surface area contributed by atoms with Crippen molar-refractivity contribution < 1.29 is 4.74 Å². The first kappa shape index (κ1) is 21.3. The van der Waals surface area contributed by atoms with Gasteiger partial charge in [-0.1, -0.05) is 18.2 Å². The van der Waals surface area contributed by atoms with Gasteiger partial charge in [-0.15, -0.1) is 24.0 Å². The molecule has 0 aliphatic rings. The molecule has 0 amide bonds. The number of benzene rings is 1. The van der Waals surface area contributed by atoms with Gasteiger partial charge >= 0.3 is 0 Å². The van der Waals surface area contributed by atoms with Crippen LogP contribution in [0.15, 0.2) is 47.7 Å². The van der Waals surface area contributed by atoms with Gasteiger partial charge in [0.05, 0.1) is 12.7 Å². The fraction of sp³-hybridized carbons (Fsp3) is 0.444. The lowest BCUT2D eigenvalue weighted by Crippen LogP contribution is -2.39. The van der Waals surface area contributed by atoms with Crippen LogP contribution in [0.4, 0.5) is 0 Å². The number of aryl methyl sites for hydroxylation is 1. The Balaban J connectivity index is 0.00000312. The Kier molecular flexibility index (Phi) is 9.33. The Bertz CT molecular complexity index is 644. The zero-order valence-corrected chi connectivity index (χ0v) is 17.7. The third-order valence-corrected chi connectivity index (χ3v) is 3.45. The number of aromatic nitrogens is 2. The number of para-hydroxylation sites is 1. The summed E-state index contributed by atoms with van der Waals surface area (Å²) < 4.78 is 7.69. The number of hydrogen-bond donors (Lipinski definition) is 1. The van der Waals surface area contributed by atoms with Crippen molar-refractivity contribution in [1.29, 1.82) is 0 Å². The largest absolute Gasteiger partial charge is 0.489 e. The van der Waals surface area contributed by atoms with Gasteiger partial charge in [-0.2, -0.15) is 5.10 Å². The summed E-state index contributed by atoms with van der Waals surface area (Å²) >= 11 is 0. The third kappa shape index (κ3) is 7.33. The molecule has 0 radical (unpaired) electrons. The molecule has 1 N–H and O–H groups in total. The Morgan fingerprint density at radius 1 is 1.36 bits per heavy atom. The second kappa shape index (κ2) is 11.0. The molecule has 1 aromatic heterocycles. The first-order chi connectivity index (χ1) is 11.6. The second-order valence-corrected chi connectivity index (χ2v) is 5.81. The van der Waals surface area contributed by atoms with E-state index in [1.54, 1.807) is 0 Å². The molecule has 0 spiro atoms. The summed E-state index contributed by atoms with van der Waals surface area (Å²) in [5.74, 6) is 1.73. The highest BCUT2D eigenvalue weighted by Gasteiger charge is 2.09. The number of nitrogens with zero attached hydrogens (tertiary/aromatic N) is 4. The summed E-state index contributed by atoms with van der Waals surface area (Å²) in [7, 11) is 3.95. The Morgan fingerprint density at radius 3 is 2.68 bits per heavy atom. The monoisotopic (exact) mass is 457 g/mol. The van der Waals surface area contributed by atoms with E-state index < -0.39 is 0 Å². The summed E-state index contributed by atoms with van der Waals surface area (Å²) in [6, 6.07) is 9.83. The highest BCUT2D eigenvalue weighted by atomic mass is 127. The molecule has 2 rings (SSSR count). The molecule has 0 bridgehead atoms. The van der Waals surface area contributed by atoms with Crippen LogP contribution < -0.4 is 10.1 Å². The molecule has 0 saturated heterocycles. The second-order valence-electron chi connectivity index (χ2n) is 5.81. The molecule has 138 valence electrons. The first-order valence-electron chi connectivity index (χ1n) is 8.27. The van der Waals surface area contributed by atoms with Crippen LogP contribution in [0, 0.1) is 0 Å². The van der Waals surface area contributed by atoms with Gasteiger partial charge in [-0.05, 0) is 26.0 Å². The predicted octanol–water partition coefficient (Wildman–Crippen LogP) is 2.90. The average Bonchev–Trinajstić information content (AvgIpc) is 2.97. The van der Waals surface area contributed by atoms with Gasteiger partial charge in [-0.3, -0.25) is 4.68 Å². The summed E-state index contributed by atoms with van der Waals surface area (Å²) in [6.45, 7) is 6.27. The number of guanidine groups is 1. The van der Waals surface area contributed by atoms with E-state index in [-0.39, 0.29) is 30.1 Å². The van der Waals surface area contributed by atoms with Gasteiger partial charge in [0.1, 0.15) is 11.9 Å². The molecular formula is C18H28IN5O. The van der Waals surface area contributed by atoms with Gasteiger partial charge in [0, 0.05) is 38.9 Å². The van der Waals surface area contributed by atoms with Crippen LogP contribution in [0.2, 0.25) is 0 Å². The summed E-state index contributed by atoms with van der Waals surface area (Å²) in [6.07, 6.45) is 3.90. The number of ether oxygens (including phenoxy) is 1. The van der Waals surface area contributed by atoms with Crippen LogP contribution in [0.5, 0.6) is 5.75 Å². The lowest BCUT2D eigenvalue weighted by atomic mass is 10.3. The van der Waals surface area contributed by atoms with Crippen LogP contribution in [0.1, 0.15) is 19.4 Å². The quantitative estimate of drug-likeness (QED) is 0.395. The molecule has 1 heterocycles. The van der Waals surface area contributed by atoms with Crippen molar-refractivity contribution in [3.63, 3.8) is 0 Å². The fourth-order valence-electron chi connectivity index (χ4n) is 2.36. The minimum atomic E-state index is 0. The Labute approximate surface area is 167 Å². The zero-order chi connectivity index (χ0) is 17.4. The molecule has 0 aliphatic carbocycles. The molecule has 2 aromatic rings. The van der Waals surface area contributed by atoms with Crippen molar-refractivity contribution >= 4 is 29.9 Å². The lowest BCUT2D eigenvalue weighted by molar-refractivity contribution is 0.229. The number of rotatable bonds is 7. The number of nitrogens with one attached hydrogen (secondary N) is 1. The highest BCUT2D eigenvalue weighted by Crippen LogP contribution is 2.11. The van der Waals surface area contributed by atoms with Gasteiger partial charge in [0.2, 0.25) is 0 Å². The normalized spacial score (nSPS) is 12.2. The molecule has 1 aromatic carbocycles. The van der Waals surface area contributed by atoms with E-state index in [1.165, 1.54) is 0 Å². The van der Waals surface area contributed by atoms with Crippen LogP contribution in [0.3, 0.4) is 0 Å². The van der Waals surface area contributed by atoms with Crippen molar-refractivity contribution in [2.24, 2.45) is 12.0 Å². The molecule has 25 heavy (non-hydrogen) atoms. The number of halogens is 1. The molecule has 7 heteroatoms. The van der Waals surface area contributed by atoms with Crippen LogP contribution >= 0.6 is 24.0 Å². The molecule has 0 saturated carbocycles. The SMILES string of the molecule is CCNC(=NCC(C)Oc1ccccc1)N(C)Cc1cnn(C)c1.I.